The number of fused-ring (bicyclic) bond motifs is 4. The molecule has 0 unspecified atom stereocenters. The summed E-state index contributed by atoms with van der Waals surface area (Å²) in [5, 5.41) is 36.2. The van der Waals surface area contributed by atoms with Gasteiger partial charge >= 0.3 is 23.9 Å². The number of aliphatic hydroxyl groups excluding tert-OH is 2. The van der Waals surface area contributed by atoms with E-state index in [-0.39, 0.29) is 30.6 Å². The van der Waals surface area contributed by atoms with Crippen molar-refractivity contribution in [1.82, 2.24) is 0 Å². The fraction of sp³-hybridized carbons (Fsp3) is 0.636. The summed E-state index contributed by atoms with van der Waals surface area (Å²) < 4.78 is 30.1. The highest BCUT2D eigenvalue weighted by Gasteiger charge is 2.80. The molecule has 0 radical (unpaired) electrons. The normalized spacial score (nSPS) is 38.8. The molecule has 1 aromatic carbocycles. The average Bonchev–Trinajstić information content (AvgIpc) is 3.18. The average molecular weight is 631 g/mol. The maximum Gasteiger partial charge on any atom is 0.338 e. The minimum Gasteiger partial charge on any atom is -0.462 e. The molecule has 3 fully saturated rings. The molecule has 1 saturated heterocycles. The van der Waals surface area contributed by atoms with Crippen LogP contribution in [0.2, 0.25) is 0 Å². The Morgan fingerprint density at radius 2 is 1.58 bits per heavy atom. The number of aliphatic hydroxyl groups is 3. The van der Waals surface area contributed by atoms with Crippen LogP contribution in [0.25, 0.3) is 0 Å². The van der Waals surface area contributed by atoms with Crippen molar-refractivity contribution in [1.29, 1.82) is 0 Å². The van der Waals surface area contributed by atoms with Crippen molar-refractivity contribution < 1.29 is 58.2 Å². The Hall–Kier alpha value is -3.32. The van der Waals surface area contributed by atoms with E-state index in [1.165, 1.54) is 34.6 Å². The molecule has 12 heteroatoms. The van der Waals surface area contributed by atoms with Crippen molar-refractivity contribution >= 4 is 23.9 Å². The number of carbonyl (C=O) groups excluding carboxylic acids is 4. The van der Waals surface area contributed by atoms with Crippen molar-refractivity contribution in [2.24, 2.45) is 16.7 Å². The third-order valence-corrected chi connectivity index (χ3v) is 10.6. The molecule has 45 heavy (non-hydrogen) atoms. The molecule has 4 aliphatic rings. The van der Waals surface area contributed by atoms with Gasteiger partial charge in [-0.2, -0.15) is 0 Å². The van der Waals surface area contributed by atoms with E-state index >= 15 is 0 Å². The van der Waals surface area contributed by atoms with Gasteiger partial charge in [-0.15, -0.1) is 0 Å². The van der Waals surface area contributed by atoms with Crippen LogP contribution in [0.3, 0.4) is 0 Å². The van der Waals surface area contributed by atoms with Gasteiger partial charge in [0.2, 0.25) is 0 Å². The predicted molar refractivity (Wildman–Crippen MR) is 155 cm³/mol. The van der Waals surface area contributed by atoms with E-state index in [1.807, 2.05) is 0 Å². The maximum absolute atomic E-state index is 13.7. The first-order chi connectivity index (χ1) is 20.9. The number of benzene rings is 1. The first kappa shape index (κ1) is 33.1. The largest absolute Gasteiger partial charge is 0.462 e. The highest BCUT2D eigenvalue weighted by molar-refractivity contribution is 5.89. The van der Waals surface area contributed by atoms with Gasteiger partial charge in [0.25, 0.3) is 0 Å². The summed E-state index contributed by atoms with van der Waals surface area (Å²) >= 11 is 0. The van der Waals surface area contributed by atoms with E-state index in [4.69, 9.17) is 23.7 Å². The minimum atomic E-state index is -1.80. The number of ether oxygens (including phenoxy) is 5. The molecule has 0 amide bonds. The van der Waals surface area contributed by atoms with Crippen molar-refractivity contribution in [3.8, 4) is 0 Å². The second kappa shape index (κ2) is 11.2. The zero-order chi connectivity index (χ0) is 33.3. The van der Waals surface area contributed by atoms with Gasteiger partial charge in [-0.3, -0.25) is 14.4 Å². The monoisotopic (exact) mass is 630 g/mol. The first-order valence-electron chi connectivity index (χ1n) is 15.1. The Bertz CT molecular complexity index is 1410. The predicted octanol–water partition coefficient (Wildman–Crippen LogP) is 2.02. The molecule has 1 aromatic rings. The van der Waals surface area contributed by atoms with Crippen molar-refractivity contribution in [3.05, 3.63) is 47.0 Å². The smallest absolute Gasteiger partial charge is 0.338 e. The van der Waals surface area contributed by atoms with Gasteiger partial charge in [-0.05, 0) is 50.5 Å². The number of esters is 4. The van der Waals surface area contributed by atoms with Crippen LogP contribution in [0.1, 0.15) is 71.7 Å². The Morgan fingerprint density at radius 3 is 2.09 bits per heavy atom. The number of carbonyl (C=O) groups is 4. The van der Waals surface area contributed by atoms with Crippen LogP contribution in [0.5, 0.6) is 0 Å². The summed E-state index contributed by atoms with van der Waals surface area (Å²) in [7, 11) is 0. The van der Waals surface area contributed by atoms with Gasteiger partial charge < -0.3 is 39.0 Å². The SMILES string of the molecule is CC(=O)O[C@@H]1[C@H]2[C@@]3(OC(C)=O)CO[C@H]3C[C@@H](OC(C)=O)[C@]2(C)[C@H](O)[C@@H](OC(=O)c2ccccc2)C2=C(C)[C@H](O)C[C@@]21C(C)(C)O. The molecule has 1 heterocycles. The van der Waals surface area contributed by atoms with Gasteiger partial charge in [0.1, 0.15) is 24.4 Å². The fourth-order valence-electron chi connectivity index (χ4n) is 8.63. The van der Waals surface area contributed by atoms with Crippen LogP contribution in [-0.2, 0) is 38.1 Å². The van der Waals surface area contributed by atoms with Gasteiger partial charge in [0, 0.05) is 32.6 Å². The summed E-state index contributed by atoms with van der Waals surface area (Å²) in [4.78, 5) is 51.9. The van der Waals surface area contributed by atoms with Crippen molar-refractivity contribution in [2.75, 3.05) is 6.61 Å². The van der Waals surface area contributed by atoms with E-state index in [2.05, 4.69) is 0 Å². The summed E-state index contributed by atoms with van der Waals surface area (Å²) in [6.45, 7) is 9.66. The zero-order valence-electron chi connectivity index (χ0n) is 26.6. The third kappa shape index (κ3) is 4.88. The van der Waals surface area contributed by atoms with Crippen LogP contribution in [-0.4, -0.2) is 93.6 Å². The molecule has 0 aromatic heterocycles. The lowest BCUT2D eigenvalue weighted by Crippen LogP contribution is -2.79. The maximum atomic E-state index is 13.7. The van der Waals surface area contributed by atoms with Crippen molar-refractivity contribution in [3.63, 3.8) is 0 Å². The van der Waals surface area contributed by atoms with E-state index in [0.29, 0.717) is 5.57 Å². The van der Waals surface area contributed by atoms with Gasteiger partial charge in [0.05, 0.1) is 35.2 Å². The first-order valence-corrected chi connectivity index (χ1v) is 15.1. The van der Waals surface area contributed by atoms with Crippen LogP contribution in [0, 0.1) is 16.7 Å². The lowest BCUT2D eigenvalue weighted by molar-refractivity contribution is -0.352. The Kier molecular flexibility index (Phi) is 8.21. The molecule has 2 saturated carbocycles. The van der Waals surface area contributed by atoms with Gasteiger partial charge in [0.15, 0.2) is 11.7 Å². The molecular formula is C33H42O12. The summed E-state index contributed by atoms with van der Waals surface area (Å²) in [5.41, 5.74) is -5.97. The molecule has 0 spiro atoms. The van der Waals surface area contributed by atoms with E-state index in [0.717, 1.165) is 0 Å². The second-order valence-corrected chi connectivity index (χ2v) is 13.5. The third-order valence-electron chi connectivity index (χ3n) is 10.6. The Morgan fingerprint density at radius 1 is 0.956 bits per heavy atom. The second-order valence-electron chi connectivity index (χ2n) is 13.5. The summed E-state index contributed by atoms with van der Waals surface area (Å²) in [6, 6.07) is 8.11. The van der Waals surface area contributed by atoms with Gasteiger partial charge in [-0.1, -0.05) is 25.1 Å². The van der Waals surface area contributed by atoms with Crippen LogP contribution in [0.4, 0.5) is 0 Å². The lowest BCUT2D eigenvalue weighted by atomic mass is 9.49. The standard InChI is InChI=1S/C33H42O12/c1-16-21(37)14-32(30(5,6)40)24(16)25(44-29(39)20-11-9-8-10-12-20)27(38)31(7)22(42-17(2)34)13-23-33(15-41-23,45-19(4)36)26(31)28(32)43-18(3)35/h8-12,21-23,25-28,37-38,40H,13-15H2,1-7H3/t21-,22-,23+,25+,26-,27-,28-,31+,32-,33-/m1/s1. The fourth-order valence-corrected chi connectivity index (χ4v) is 8.63. The van der Waals surface area contributed by atoms with Crippen molar-refractivity contribution in [2.45, 2.75) is 109 Å². The summed E-state index contributed by atoms with van der Waals surface area (Å²) in [5.74, 6) is -4.07. The Balaban J connectivity index is 1.87. The lowest BCUT2D eigenvalue weighted by Gasteiger charge is -2.65. The number of hydrogen-bond donors (Lipinski definition) is 3. The van der Waals surface area contributed by atoms with Gasteiger partial charge in [-0.25, -0.2) is 4.79 Å². The number of hydrogen-bond acceptors (Lipinski definition) is 12. The quantitative estimate of drug-likeness (QED) is 0.237. The molecule has 1 aliphatic heterocycles. The van der Waals surface area contributed by atoms with E-state index < -0.39 is 88.5 Å². The van der Waals surface area contributed by atoms with Crippen LogP contribution >= 0.6 is 0 Å². The summed E-state index contributed by atoms with van der Waals surface area (Å²) in [6.07, 6.45) is -7.94. The molecular weight excluding hydrogens is 588 g/mol. The van der Waals surface area contributed by atoms with Crippen LogP contribution < -0.4 is 0 Å². The van der Waals surface area contributed by atoms with Crippen LogP contribution in [0.15, 0.2) is 41.5 Å². The highest BCUT2D eigenvalue weighted by Crippen LogP contribution is 2.68. The molecule has 12 nitrogen and oxygen atoms in total. The number of rotatable bonds is 6. The minimum absolute atomic E-state index is 0.000758. The zero-order valence-corrected chi connectivity index (χ0v) is 26.6. The molecule has 10 atom stereocenters. The highest BCUT2D eigenvalue weighted by atomic mass is 16.6. The molecule has 3 N–H and O–H groups in total. The molecule has 246 valence electrons. The molecule has 3 aliphatic carbocycles. The topological polar surface area (TPSA) is 175 Å². The Labute approximate surface area is 261 Å². The molecule has 0 bridgehead atoms. The molecule has 5 rings (SSSR count). The van der Waals surface area contributed by atoms with E-state index in [1.54, 1.807) is 44.2 Å². The van der Waals surface area contributed by atoms with E-state index in [9.17, 15) is 34.5 Å².